The third-order valence-corrected chi connectivity index (χ3v) is 5.09. The Kier molecular flexibility index (Phi) is 5.45. The molecule has 0 aliphatic carbocycles. The molecule has 2 atom stereocenters. The number of H-pyrrole nitrogens is 1. The second-order valence-electron chi connectivity index (χ2n) is 6.19. The van der Waals surface area contributed by atoms with Crippen molar-refractivity contribution in [1.82, 2.24) is 15.5 Å². The molecule has 2 aromatic heterocycles. The van der Waals surface area contributed by atoms with Crippen molar-refractivity contribution in [2.75, 3.05) is 0 Å². The maximum Gasteiger partial charge on any atom is 0.0896 e. The van der Waals surface area contributed by atoms with Gasteiger partial charge in [0.25, 0.3) is 0 Å². The highest BCUT2D eigenvalue weighted by Crippen LogP contribution is 2.24. The zero-order chi connectivity index (χ0) is 16.9. The van der Waals surface area contributed by atoms with E-state index >= 15 is 0 Å². The van der Waals surface area contributed by atoms with Gasteiger partial charge in [-0.05, 0) is 37.8 Å². The van der Waals surface area contributed by atoms with Gasteiger partial charge in [-0.25, -0.2) is 0 Å². The summed E-state index contributed by atoms with van der Waals surface area (Å²) in [5.74, 6) is 0. The summed E-state index contributed by atoms with van der Waals surface area (Å²) in [6.07, 6.45) is 2.15. The second-order valence-corrected chi connectivity index (χ2v) is 7.17. The Balaban J connectivity index is 1.60. The van der Waals surface area contributed by atoms with Crippen LogP contribution in [-0.4, -0.2) is 21.3 Å². The zero-order valence-corrected chi connectivity index (χ0v) is 14.8. The van der Waals surface area contributed by atoms with Crippen LogP contribution in [0.25, 0.3) is 11.3 Å². The summed E-state index contributed by atoms with van der Waals surface area (Å²) in [6, 6.07) is 12.6. The quantitative estimate of drug-likeness (QED) is 0.607. The summed E-state index contributed by atoms with van der Waals surface area (Å²) in [4.78, 5) is 1.02. The fraction of sp³-hybridized carbons (Fsp3) is 0.316. The van der Waals surface area contributed by atoms with Crippen molar-refractivity contribution in [1.29, 1.82) is 0 Å². The van der Waals surface area contributed by atoms with Gasteiger partial charge in [0.1, 0.15) is 0 Å². The summed E-state index contributed by atoms with van der Waals surface area (Å²) in [6.45, 7) is 4.91. The van der Waals surface area contributed by atoms with E-state index in [1.165, 1.54) is 5.56 Å². The van der Waals surface area contributed by atoms with Crippen LogP contribution in [0.3, 0.4) is 0 Å². The van der Waals surface area contributed by atoms with Crippen molar-refractivity contribution >= 4 is 11.3 Å². The Hall–Kier alpha value is -1.95. The van der Waals surface area contributed by atoms with Crippen LogP contribution in [0, 0.1) is 6.92 Å². The predicted molar refractivity (Wildman–Crippen MR) is 99.0 cm³/mol. The summed E-state index contributed by atoms with van der Waals surface area (Å²) >= 11 is 1.60. The lowest BCUT2D eigenvalue weighted by Crippen LogP contribution is -2.27. The number of nitrogens with zero attached hydrogens (tertiary/aromatic N) is 1. The molecule has 0 amide bonds. The zero-order valence-electron chi connectivity index (χ0n) is 14.0. The minimum absolute atomic E-state index is 0.211. The third-order valence-electron chi connectivity index (χ3n) is 4.11. The van der Waals surface area contributed by atoms with E-state index in [1.807, 2.05) is 23.7 Å². The van der Waals surface area contributed by atoms with Crippen LogP contribution < -0.4 is 5.32 Å². The Bertz CT molecular complexity index is 767. The highest BCUT2D eigenvalue weighted by molar-refractivity contribution is 7.10. The van der Waals surface area contributed by atoms with E-state index in [1.54, 1.807) is 11.3 Å². The predicted octanol–water partition coefficient (Wildman–Crippen LogP) is 4.05. The number of aliphatic hydroxyl groups excluding tert-OH is 1. The van der Waals surface area contributed by atoms with Gasteiger partial charge in [-0.3, -0.25) is 5.10 Å². The molecule has 5 heteroatoms. The maximum absolute atomic E-state index is 10.3. The molecule has 3 aromatic rings. The van der Waals surface area contributed by atoms with Gasteiger partial charge in [0, 0.05) is 28.6 Å². The lowest BCUT2D eigenvalue weighted by Gasteiger charge is -2.17. The molecule has 0 aliphatic rings. The smallest absolute Gasteiger partial charge is 0.0896 e. The highest BCUT2D eigenvalue weighted by atomic mass is 32.1. The number of aromatic nitrogens is 2. The van der Waals surface area contributed by atoms with Crippen molar-refractivity contribution in [3.8, 4) is 11.3 Å². The molecule has 3 N–H and O–H groups in total. The molecule has 0 aliphatic heterocycles. The van der Waals surface area contributed by atoms with Crippen LogP contribution >= 0.6 is 11.3 Å². The molecule has 0 saturated heterocycles. The van der Waals surface area contributed by atoms with Gasteiger partial charge >= 0.3 is 0 Å². The summed E-state index contributed by atoms with van der Waals surface area (Å²) < 4.78 is 0. The molecule has 3 rings (SSSR count). The number of hydrogen-bond acceptors (Lipinski definition) is 4. The average molecular weight is 341 g/mol. The summed E-state index contributed by atoms with van der Waals surface area (Å²) in [5, 5.41) is 23.0. The summed E-state index contributed by atoms with van der Waals surface area (Å²) in [7, 11) is 0. The van der Waals surface area contributed by atoms with Crippen LogP contribution in [0.2, 0.25) is 0 Å². The molecule has 0 spiro atoms. The molecule has 4 nitrogen and oxygen atoms in total. The first-order valence-electron chi connectivity index (χ1n) is 8.17. The molecular formula is C19H23N3OS. The first kappa shape index (κ1) is 16.9. The molecule has 0 radical (unpaired) electrons. The average Bonchev–Trinajstić information content (AvgIpc) is 3.24. The Morgan fingerprint density at radius 2 is 2.17 bits per heavy atom. The number of aryl methyl sites for hydroxylation is 1. The largest absolute Gasteiger partial charge is 0.388 e. The molecule has 2 heterocycles. The normalized spacial score (nSPS) is 13.8. The Morgan fingerprint density at radius 1 is 1.29 bits per heavy atom. The van der Waals surface area contributed by atoms with E-state index in [0.717, 1.165) is 28.2 Å². The fourth-order valence-electron chi connectivity index (χ4n) is 2.80. The lowest BCUT2D eigenvalue weighted by atomic mass is 10.0. The van der Waals surface area contributed by atoms with Gasteiger partial charge in [0.2, 0.25) is 0 Å². The molecule has 126 valence electrons. The van der Waals surface area contributed by atoms with Crippen LogP contribution in [0.15, 0.2) is 48.0 Å². The van der Waals surface area contributed by atoms with Crippen LogP contribution in [0.4, 0.5) is 0 Å². The van der Waals surface area contributed by atoms with Crippen LogP contribution in [0.1, 0.15) is 35.5 Å². The van der Waals surface area contributed by atoms with Crippen molar-refractivity contribution in [3.63, 3.8) is 0 Å². The number of thiophene rings is 1. The third kappa shape index (κ3) is 4.12. The number of aliphatic hydroxyl groups is 1. The molecular weight excluding hydrogens is 318 g/mol. The van der Waals surface area contributed by atoms with E-state index < -0.39 is 6.10 Å². The summed E-state index contributed by atoms with van der Waals surface area (Å²) in [5.41, 5.74) is 4.57. The van der Waals surface area contributed by atoms with Gasteiger partial charge in [-0.2, -0.15) is 5.10 Å². The lowest BCUT2D eigenvalue weighted by molar-refractivity contribution is 0.157. The fourth-order valence-corrected chi connectivity index (χ4v) is 3.52. The van der Waals surface area contributed by atoms with Crippen molar-refractivity contribution in [2.45, 2.75) is 39.0 Å². The SMILES string of the molecule is Cc1cccc(-c2[nH]ncc2CNC(C)CC(O)c2cccs2)c1. The van der Waals surface area contributed by atoms with Crippen LogP contribution in [0.5, 0.6) is 0 Å². The molecule has 0 bridgehead atoms. The topological polar surface area (TPSA) is 60.9 Å². The van der Waals surface area contributed by atoms with Crippen molar-refractivity contribution < 1.29 is 5.11 Å². The Labute approximate surface area is 146 Å². The number of benzene rings is 1. The number of aromatic amines is 1. The van der Waals surface area contributed by atoms with Gasteiger partial charge in [-0.15, -0.1) is 11.3 Å². The van der Waals surface area contributed by atoms with Gasteiger partial charge in [0.15, 0.2) is 0 Å². The first-order valence-corrected chi connectivity index (χ1v) is 9.05. The minimum atomic E-state index is -0.409. The van der Waals surface area contributed by atoms with Gasteiger partial charge in [0.05, 0.1) is 18.0 Å². The molecule has 24 heavy (non-hydrogen) atoms. The van der Waals surface area contributed by atoms with E-state index in [-0.39, 0.29) is 6.04 Å². The van der Waals surface area contributed by atoms with Crippen LogP contribution in [-0.2, 0) is 6.54 Å². The highest BCUT2D eigenvalue weighted by Gasteiger charge is 2.14. The standard InChI is InChI=1S/C19H23N3OS/c1-13-5-3-6-15(9-13)19-16(12-21-22-19)11-20-14(2)10-17(23)18-7-4-8-24-18/h3-9,12,14,17,20,23H,10-11H2,1-2H3,(H,21,22). The first-order chi connectivity index (χ1) is 11.6. The number of hydrogen-bond donors (Lipinski definition) is 3. The van der Waals surface area contributed by atoms with Gasteiger partial charge in [-0.1, -0.05) is 29.8 Å². The van der Waals surface area contributed by atoms with E-state index in [0.29, 0.717) is 6.42 Å². The molecule has 1 aromatic carbocycles. The molecule has 0 saturated carbocycles. The minimum Gasteiger partial charge on any atom is -0.388 e. The Morgan fingerprint density at radius 3 is 2.92 bits per heavy atom. The number of rotatable bonds is 7. The maximum atomic E-state index is 10.3. The van der Waals surface area contributed by atoms with Gasteiger partial charge < -0.3 is 10.4 Å². The molecule has 0 fully saturated rings. The number of nitrogens with one attached hydrogen (secondary N) is 2. The van der Waals surface area contributed by atoms with Crippen molar-refractivity contribution in [2.24, 2.45) is 0 Å². The van der Waals surface area contributed by atoms with Crippen molar-refractivity contribution in [3.05, 3.63) is 64.0 Å². The van der Waals surface area contributed by atoms with E-state index in [9.17, 15) is 5.11 Å². The second kappa shape index (κ2) is 7.75. The molecule has 2 unspecified atom stereocenters. The van der Waals surface area contributed by atoms with E-state index in [2.05, 4.69) is 53.6 Å². The monoisotopic (exact) mass is 341 g/mol. The van der Waals surface area contributed by atoms with E-state index in [4.69, 9.17) is 0 Å².